The zero-order valence-corrected chi connectivity index (χ0v) is 17.9. The normalized spacial score (nSPS) is 17.7. The highest BCUT2D eigenvalue weighted by atomic mass is 32.1. The molecule has 0 saturated carbocycles. The zero-order chi connectivity index (χ0) is 21.2. The van der Waals surface area contributed by atoms with Gasteiger partial charge in [0, 0.05) is 25.1 Å². The van der Waals surface area contributed by atoms with Crippen molar-refractivity contribution < 1.29 is 14.3 Å². The lowest BCUT2D eigenvalue weighted by Gasteiger charge is -2.31. The van der Waals surface area contributed by atoms with E-state index in [-0.39, 0.29) is 17.7 Å². The lowest BCUT2D eigenvalue weighted by Crippen LogP contribution is -2.43. The zero-order valence-electron chi connectivity index (χ0n) is 17.0. The summed E-state index contributed by atoms with van der Waals surface area (Å²) in [6.07, 6.45) is 2.49. The number of hydrogen-bond acceptors (Lipinski definition) is 5. The lowest BCUT2D eigenvalue weighted by molar-refractivity contribution is -0.121. The van der Waals surface area contributed by atoms with Crippen molar-refractivity contribution in [2.24, 2.45) is 5.92 Å². The Hall–Kier alpha value is -3.19. The van der Waals surface area contributed by atoms with Crippen molar-refractivity contribution in [3.05, 3.63) is 64.4 Å². The van der Waals surface area contributed by atoms with Crippen LogP contribution in [-0.4, -0.2) is 41.4 Å². The second-order valence-electron chi connectivity index (χ2n) is 7.89. The molecule has 7 heteroatoms. The van der Waals surface area contributed by atoms with Crippen molar-refractivity contribution in [2.45, 2.75) is 19.3 Å². The highest BCUT2D eigenvalue weighted by Gasteiger charge is 2.29. The van der Waals surface area contributed by atoms with Gasteiger partial charge in [0.25, 0.3) is 5.91 Å². The summed E-state index contributed by atoms with van der Waals surface area (Å²) in [7, 11) is 0. The number of aromatic nitrogens is 1. The van der Waals surface area contributed by atoms with Gasteiger partial charge in [0.2, 0.25) is 5.91 Å². The third-order valence-corrected chi connectivity index (χ3v) is 6.65. The summed E-state index contributed by atoms with van der Waals surface area (Å²) in [6, 6.07) is 15.4. The molecule has 1 saturated heterocycles. The molecule has 1 unspecified atom stereocenters. The second kappa shape index (κ2) is 8.51. The summed E-state index contributed by atoms with van der Waals surface area (Å²) in [5, 5.41) is 4.86. The standard InChI is InChI=1S/C24H23N3O3S/c28-23(18-4-2-11-27(15-18)24(29)21-6-3-13-31-21)26-22-7-1-5-19(25-22)16-8-9-20-17(14-16)10-12-30-20/h1,3,5-9,13-14,18H,2,4,10-12,15H2,(H,25,26,28). The maximum atomic E-state index is 12.9. The summed E-state index contributed by atoms with van der Waals surface area (Å²) >= 11 is 1.43. The quantitative estimate of drug-likeness (QED) is 0.668. The number of ether oxygens (including phenoxy) is 1. The number of benzene rings is 1. The van der Waals surface area contributed by atoms with Gasteiger partial charge >= 0.3 is 0 Å². The Bertz CT molecular complexity index is 1110. The number of likely N-dealkylation sites (tertiary alicyclic amines) is 1. The van der Waals surface area contributed by atoms with E-state index in [4.69, 9.17) is 4.74 Å². The molecule has 2 aliphatic rings. The van der Waals surface area contributed by atoms with Crippen LogP contribution in [0, 0.1) is 5.92 Å². The van der Waals surface area contributed by atoms with Crippen molar-refractivity contribution in [3.63, 3.8) is 0 Å². The molecule has 6 nitrogen and oxygen atoms in total. The average molecular weight is 434 g/mol. The van der Waals surface area contributed by atoms with Crippen LogP contribution in [0.1, 0.15) is 28.1 Å². The maximum Gasteiger partial charge on any atom is 0.263 e. The Morgan fingerprint density at radius 2 is 2.10 bits per heavy atom. The van der Waals surface area contributed by atoms with E-state index in [1.165, 1.54) is 16.9 Å². The second-order valence-corrected chi connectivity index (χ2v) is 8.83. The van der Waals surface area contributed by atoms with Gasteiger partial charge in [0.15, 0.2) is 0 Å². The van der Waals surface area contributed by atoms with Crippen molar-refractivity contribution >= 4 is 29.0 Å². The lowest BCUT2D eigenvalue weighted by atomic mass is 9.97. The Kier molecular flexibility index (Phi) is 5.42. The first-order valence-corrected chi connectivity index (χ1v) is 11.4. The smallest absolute Gasteiger partial charge is 0.263 e. The Morgan fingerprint density at radius 1 is 1.16 bits per heavy atom. The fraction of sp³-hybridized carbons (Fsp3) is 0.292. The van der Waals surface area contributed by atoms with E-state index >= 15 is 0 Å². The minimum Gasteiger partial charge on any atom is -0.493 e. The number of fused-ring (bicyclic) bond motifs is 1. The van der Waals surface area contributed by atoms with Crippen molar-refractivity contribution in [2.75, 3.05) is 25.0 Å². The van der Waals surface area contributed by atoms with Crippen LogP contribution in [0.2, 0.25) is 0 Å². The number of carbonyl (C=O) groups excluding carboxylic acids is 2. The Morgan fingerprint density at radius 3 is 2.97 bits per heavy atom. The molecule has 158 valence electrons. The molecule has 2 amide bonds. The van der Waals surface area contributed by atoms with Crippen LogP contribution in [-0.2, 0) is 11.2 Å². The first kappa shape index (κ1) is 19.8. The first-order chi connectivity index (χ1) is 15.2. The summed E-state index contributed by atoms with van der Waals surface area (Å²) in [4.78, 5) is 32.7. The fourth-order valence-electron chi connectivity index (χ4n) is 4.17. The van der Waals surface area contributed by atoms with E-state index < -0.39 is 0 Å². The van der Waals surface area contributed by atoms with E-state index in [1.54, 1.807) is 11.0 Å². The van der Waals surface area contributed by atoms with E-state index in [0.29, 0.717) is 18.9 Å². The highest BCUT2D eigenvalue weighted by Crippen LogP contribution is 2.30. The monoisotopic (exact) mass is 433 g/mol. The molecule has 2 aliphatic heterocycles. The van der Waals surface area contributed by atoms with Gasteiger partial charge in [0.1, 0.15) is 11.6 Å². The van der Waals surface area contributed by atoms with Crippen molar-refractivity contribution in [3.8, 4) is 17.0 Å². The molecule has 0 bridgehead atoms. The van der Waals surface area contributed by atoms with Crippen LogP contribution in [0.5, 0.6) is 5.75 Å². The van der Waals surface area contributed by atoms with Crippen LogP contribution >= 0.6 is 11.3 Å². The minimum absolute atomic E-state index is 0.00760. The van der Waals surface area contributed by atoms with Crippen LogP contribution in [0.3, 0.4) is 0 Å². The van der Waals surface area contributed by atoms with Gasteiger partial charge < -0.3 is 15.0 Å². The van der Waals surface area contributed by atoms with Crippen molar-refractivity contribution in [1.82, 2.24) is 9.88 Å². The molecule has 31 heavy (non-hydrogen) atoms. The molecule has 0 radical (unpaired) electrons. The summed E-state index contributed by atoms with van der Waals surface area (Å²) in [5.74, 6) is 1.15. The van der Waals surface area contributed by atoms with Gasteiger partial charge in [-0.3, -0.25) is 9.59 Å². The average Bonchev–Trinajstić information content (AvgIpc) is 3.50. The number of pyridine rings is 1. The van der Waals surface area contributed by atoms with E-state index in [9.17, 15) is 9.59 Å². The summed E-state index contributed by atoms with van der Waals surface area (Å²) in [5.41, 5.74) is 3.00. The Balaban J connectivity index is 1.27. The molecular weight excluding hydrogens is 410 g/mol. The van der Waals surface area contributed by atoms with Crippen molar-refractivity contribution in [1.29, 1.82) is 0 Å². The SMILES string of the molecule is O=C(Nc1cccc(-c2ccc3c(c2)CCO3)n1)C1CCCN(C(=O)c2cccs2)C1. The molecule has 0 aliphatic carbocycles. The molecule has 1 aromatic carbocycles. The number of piperidine rings is 1. The minimum atomic E-state index is -0.236. The first-order valence-electron chi connectivity index (χ1n) is 10.5. The largest absolute Gasteiger partial charge is 0.493 e. The number of nitrogens with one attached hydrogen (secondary N) is 1. The molecule has 2 aromatic heterocycles. The third-order valence-electron chi connectivity index (χ3n) is 5.80. The predicted molar refractivity (Wildman–Crippen MR) is 120 cm³/mol. The van der Waals surface area contributed by atoms with Crippen LogP contribution < -0.4 is 10.1 Å². The van der Waals surface area contributed by atoms with Gasteiger partial charge in [-0.2, -0.15) is 0 Å². The van der Waals surface area contributed by atoms with Gasteiger partial charge in [-0.1, -0.05) is 12.1 Å². The molecule has 3 aromatic rings. The molecule has 1 atom stereocenters. The van der Waals surface area contributed by atoms with Crippen LogP contribution in [0.25, 0.3) is 11.3 Å². The third kappa shape index (κ3) is 4.18. The number of thiophene rings is 1. The Labute approximate surface area is 184 Å². The molecular formula is C24H23N3O3S. The van der Waals surface area contributed by atoms with E-state index in [1.807, 2.05) is 41.8 Å². The molecule has 0 spiro atoms. The van der Waals surface area contributed by atoms with Crippen LogP contribution in [0.4, 0.5) is 5.82 Å². The number of nitrogens with zero attached hydrogens (tertiary/aromatic N) is 2. The number of anilines is 1. The number of amides is 2. The van der Waals surface area contributed by atoms with E-state index in [2.05, 4.69) is 16.4 Å². The number of carbonyl (C=O) groups is 2. The highest BCUT2D eigenvalue weighted by molar-refractivity contribution is 7.12. The van der Waals surface area contributed by atoms with Gasteiger partial charge in [0.05, 0.1) is 23.1 Å². The predicted octanol–water partition coefficient (Wildman–Crippen LogP) is 4.24. The number of rotatable bonds is 4. The topological polar surface area (TPSA) is 71.5 Å². The summed E-state index contributed by atoms with van der Waals surface area (Å²) in [6.45, 7) is 1.85. The molecule has 5 rings (SSSR count). The summed E-state index contributed by atoms with van der Waals surface area (Å²) < 4.78 is 5.58. The fourth-order valence-corrected chi connectivity index (χ4v) is 4.86. The van der Waals surface area contributed by atoms with Crippen LogP contribution in [0.15, 0.2) is 53.9 Å². The molecule has 1 N–H and O–H groups in total. The maximum absolute atomic E-state index is 12.9. The number of hydrogen-bond donors (Lipinski definition) is 1. The molecule has 4 heterocycles. The van der Waals surface area contributed by atoms with Gasteiger partial charge in [-0.25, -0.2) is 4.98 Å². The van der Waals surface area contributed by atoms with Gasteiger partial charge in [-0.05, 0) is 60.2 Å². The molecule has 1 fully saturated rings. The van der Waals surface area contributed by atoms with Gasteiger partial charge in [-0.15, -0.1) is 11.3 Å². The van der Waals surface area contributed by atoms with E-state index in [0.717, 1.165) is 47.8 Å².